The standard InChI is InChI=1S/C18H27N3O3S/c1-5-12-24-14-8-6-13(7-9-14)15(22)10-11-16(23)20-21-17(25)19-18(2,3)4/h6-9H,5,10-12H2,1-4H3,(H,20,23)(H2,19,21,25). The summed E-state index contributed by atoms with van der Waals surface area (Å²) in [5.41, 5.74) is 5.47. The highest BCUT2D eigenvalue weighted by Crippen LogP contribution is 2.14. The number of benzene rings is 1. The second kappa shape index (κ2) is 9.98. The van der Waals surface area contributed by atoms with Gasteiger partial charge in [0.05, 0.1) is 6.61 Å². The van der Waals surface area contributed by atoms with Gasteiger partial charge in [0, 0.05) is 23.9 Å². The Kier molecular flexibility index (Phi) is 8.34. The summed E-state index contributed by atoms with van der Waals surface area (Å²) in [7, 11) is 0. The van der Waals surface area contributed by atoms with Crippen LogP contribution in [-0.4, -0.2) is 28.9 Å². The minimum atomic E-state index is -0.297. The average Bonchev–Trinajstić information content (AvgIpc) is 2.55. The minimum Gasteiger partial charge on any atom is -0.494 e. The molecule has 0 radical (unpaired) electrons. The lowest BCUT2D eigenvalue weighted by atomic mass is 10.1. The van der Waals surface area contributed by atoms with E-state index in [1.165, 1.54) is 0 Å². The molecule has 0 fully saturated rings. The van der Waals surface area contributed by atoms with E-state index in [4.69, 9.17) is 17.0 Å². The molecule has 0 unspecified atom stereocenters. The molecule has 0 aromatic heterocycles. The summed E-state index contributed by atoms with van der Waals surface area (Å²) in [6.45, 7) is 8.55. The summed E-state index contributed by atoms with van der Waals surface area (Å²) < 4.78 is 5.48. The molecule has 1 rings (SSSR count). The number of rotatable bonds is 7. The number of hydrogen-bond donors (Lipinski definition) is 3. The Bertz CT molecular complexity index is 595. The van der Waals surface area contributed by atoms with Crippen molar-refractivity contribution in [3.8, 4) is 5.75 Å². The molecule has 25 heavy (non-hydrogen) atoms. The molecule has 6 nitrogen and oxygen atoms in total. The fourth-order valence-electron chi connectivity index (χ4n) is 1.89. The number of hydrazine groups is 1. The third-order valence-electron chi connectivity index (χ3n) is 3.03. The molecule has 3 N–H and O–H groups in total. The third kappa shape index (κ3) is 9.05. The van der Waals surface area contributed by atoms with Gasteiger partial charge in [0.1, 0.15) is 5.75 Å². The normalized spacial score (nSPS) is 10.7. The van der Waals surface area contributed by atoms with E-state index in [0.717, 1.165) is 12.2 Å². The highest BCUT2D eigenvalue weighted by atomic mass is 32.1. The molecular formula is C18H27N3O3S. The molecule has 0 spiro atoms. The molecule has 0 aliphatic carbocycles. The van der Waals surface area contributed by atoms with Gasteiger partial charge in [0.15, 0.2) is 10.9 Å². The van der Waals surface area contributed by atoms with Crippen molar-refractivity contribution in [2.24, 2.45) is 0 Å². The highest BCUT2D eigenvalue weighted by molar-refractivity contribution is 7.80. The second-order valence-electron chi connectivity index (χ2n) is 6.67. The maximum Gasteiger partial charge on any atom is 0.238 e. The van der Waals surface area contributed by atoms with Gasteiger partial charge in [-0.05, 0) is 63.7 Å². The molecule has 1 aromatic rings. The zero-order valence-corrected chi connectivity index (χ0v) is 16.1. The summed E-state index contributed by atoms with van der Waals surface area (Å²) >= 11 is 5.06. The van der Waals surface area contributed by atoms with Gasteiger partial charge in [-0.3, -0.25) is 20.4 Å². The Hall–Kier alpha value is -2.15. The molecule has 138 valence electrons. The van der Waals surface area contributed by atoms with Gasteiger partial charge >= 0.3 is 0 Å². The van der Waals surface area contributed by atoms with Crippen molar-refractivity contribution in [3.05, 3.63) is 29.8 Å². The van der Waals surface area contributed by atoms with E-state index in [-0.39, 0.29) is 30.1 Å². The molecule has 0 aliphatic heterocycles. The van der Waals surface area contributed by atoms with E-state index in [1.807, 2.05) is 27.7 Å². The van der Waals surface area contributed by atoms with Crippen LogP contribution in [0.5, 0.6) is 5.75 Å². The SMILES string of the molecule is CCCOc1ccc(C(=O)CCC(=O)NNC(=S)NC(C)(C)C)cc1. The van der Waals surface area contributed by atoms with Gasteiger partial charge in [-0.15, -0.1) is 0 Å². The van der Waals surface area contributed by atoms with Crippen molar-refractivity contribution >= 4 is 29.0 Å². The third-order valence-corrected chi connectivity index (χ3v) is 3.24. The van der Waals surface area contributed by atoms with Gasteiger partial charge in [0.2, 0.25) is 5.91 Å². The predicted molar refractivity (Wildman–Crippen MR) is 103 cm³/mol. The number of thiocarbonyl (C=S) groups is 1. The van der Waals surface area contributed by atoms with Gasteiger partial charge in [0.25, 0.3) is 0 Å². The van der Waals surface area contributed by atoms with E-state index in [0.29, 0.717) is 17.3 Å². The van der Waals surface area contributed by atoms with Crippen LogP contribution in [-0.2, 0) is 4.79 Å². The van der Waals surface area contributed by atoms with Crippen LogP contribution < -0.4 is 20.9 Å². The lowest BCUT2D eigenvalue weighted by molar-refractivity contribution is -0.121. The first kappa shape index (κ1) is 20.9. The first-order valence-electron chi connectivity index (χ1n) is 8.34. The summed E-state index contributed by atoms with van der Waals surface area (Å²) in [5.74, 6) is 0.349. The Morgan fingerprint density at radius 3 is 2.28 bits per heavy atom. The molecule has 0 saturated carbocycles. The quantitative estimate of drug-likeness (QED) is 0.392. The number of ketones is 1. The Balaban J connectivity index is 2.35. The van der Waals surface area contributed by atoms with E-state index < -0.39 is 0 Å². The number of hydrogen-bond acceptors (Lipinski definition) is 4. The number of carbonyl (C=O) groups excluding carboxylic acids is 2. The lowest BCUT2D eigenvalue weighted by Gasteiger charge is -2.23. The zero-order valence-electron chi connectivity index (χ0n) is 15.3. The first-order chi connectivity index (χ1) is 11.7. The average molecular weight is 365 g/mol. The van der Waals surface area contributed by atoms with E-state index in [2.05, 4.69) is 16.2 Å². The molecule has 0 heterocycles. The predicted octanol–water partition coefficient (Wildman–Crippen LogP) is 2.73. The summed E-state index contributed by atoms with van der Waals surface area (Å²) in [4.78, 5) is 23.9. The summed E-state index contributed by atoms with van der Waals surface area (Å²) in [5, 5.41) is 3.34. The first-order valence-corrected chi connectivity index (χ1v) is 8.75. The van der Waals surface area contributed by atoms with Crippen LogP contribution in [0.25, 0.3) is 0 Å². The molecule has 1 amide bonds. The lowest BCUT2D eigenvalue weighted by Crippen LogP contribution is -2.52. The maximum atomic E-state index is 12.1. The maximum absolute atomic E-state index is 12.1. The number of ether oxygens (including phenoxy) is 1. The van der Waals surface area contributed by atoms with Crippen molar-refractivity contribution in [3.63, 3.8) is 0 Å². The number of carbonyl (C=O) groups is 2. The molecule has 0 atom stereocenters. The molecule has 0 saturated heterocycles. The van der Waals surface area contributed by atoms with E-state index >= 15 is 0 Å². The van der Waals surface area contributed by atoms with E-state index in [1.54, 1.807) is 24.3 Å². The number of amides is 1. The van der Waals surface area contributed by atoms with Crippen molar-refractivity contribution in [2.45, 2.75) is 52.5 Å². The van der Waals surface area contributed by atoms with Crippen LogP contribution in [0.4, 0.5) is 0 Å². The molecule has 1 aromatic carbocycles. The van der Waals surface area contributed by atoms with Crippen LogP contribution in [0, 0.1) is 0 Å². The van der Waals surface area contributed by atoms with Crippen molar-refractivity contribution in [1.82, 2.24) is 16.2 Å². The number of nitrogens with one attached hydrogen (secondary N) is 3. The smallest absolute Gasteiger partial charge is 0.238 e. The van der Waals surface area contributed by atoms with Crippen molar-refractivity contribution in [2.75, 3.05) is 6.61 Å². The summed E-state index contributed by atoms with van der Waals surface area (Å²) in [6, 6.07) is 6.96. The second-order valence-corrected chi connectivity index (χ2v) is 7.08. The van der Waals surface area contributed by atoms with Crippen molar-refractivity contribution < 1.29 is 14.3 Å². The molecule has 0 bridgehead atoms. The number of Topliss-reactive ketones (excluding diaryl/α,β-unsaturated/α-hetero) is 1. The monoisotopic (exact) mass is 365 g/mol. The Morgan fingerprint density at radius 1 is 1.08 bits per heavy atom. The minimum absolute atomic E-state index is 0.0814. The molecule has 0 aliphatic rings. The van der Waals surface area contributed by atoms with Gasteiger partial charge < -0.3 is 10.1 Å². The van der Waals surface area contributed by atoms with Gasteiger partial charge in [-0.25, -0.2) is 0 Å². The summed E-state index contributed by atoms with van der Waals surface area (Å²) in [6.07, 6.45) is 1.14. The highest BCUT2D eigenvalue weighted by Gasteiger charge is 2.12. The Morgan fingerprint density at radius 2 is 1.72 bits per heavy atom. The zero-order chi connectivity index (χ0) is 18.9. The molecular weight excluding hydrogens is 338 g/mol. The van der Waals surface area contributed by atoms with Crippen LogP contribution in [0.2, 0.25) is 0 Å². The van der Waals surface area contributed by atoms with Crippen molar-refractivity contribution in [1.29, 1.82) is 0 Å². The van der Waals surface area contributed by atoms with E-state index in [9.17, 15) is 9.59 Å². The fraction of sp³-hybridized carbons (Fsp3) is 0.500. The fourth-order valence-corrected chi connectivity index (χ4v) is 2.25. The van der Waals surface area contributed by atoms with Gasteiger partial charge in [-0.1, -0.05) is 6.92 Å². The van der Waals surface area contributed by atoms with Gasteiger partial charge in [-0.2, -0.15) is 0 Å². The van der Waals surface area contributed by atoms with Crippen LogP contribution >= 0.6 is 12.2 Å². The topological polar surface area (TPSA) is 79.5 Å². The largest absolute Gasteiger partial charge is 0.494 e. The Labute approximate surface area is 154 Å². The van der Waals surface area contributed by atoms with Crippen LogP contribution in [0.3, 0.4) is 0 Å². The molecule has 7 heteroatoms. The van der Waals surface area contributed by atoms with Crippen LogP contribution in [0.15, 0.2) is 24.3 Å². The van der Waals surface area contributed by atoms with Crippen LogP contribution in [0.1, 0.15) is 57.3 Å².